The molecule has 0 bridgehead atoms. The minimum Gasteiger partial charge on any atom is -0.454 e. The molecule has 8 unspecified atom stereocenters. The van der Waals surface area contributed by atoms with E-state index in [4.69, 9.17) is 14.2 Å². The number of unbranched alkanes of at least 4 members (excludes halogenated alkanes) is 39. The van der Waals surface area contributed by atoms with Gasteiger partial charge in [0.25, 0.3) is 0 Å². The van der Waals surface area contributed by atoms with Crippen molar-refractivity contribution in [1.82, 2.24) is 5.32 Å². The summed E-state index contributed by atoms with van der Waals surface area (Å²) in [5.41, 5.74) is 0. The first kappa shape index (κ1) is 75.6. The second-order valence-electron chi connectivity index (χ2n) is 23.6. The molecule has 1 aliphatic heterocycles. The van der Waals surface area contributed by atoms with E-state index >= 15 is 0 Å². The quantitative estimate of drug-likeness (QED) is 0.0149. The lowest BCUT2D eigenvalue weighted by atomic mass is 9.99. The molecule has 0 saturated carbocycles. The van der Waals surface area contributed by atoms with E-state index in [2.05, 4.69) is 62.5 Å². The van der Waals surface area contributed by atoms with Gasteiger partial charge in [-0.05, 0) is 77.0 Å². The molecular weight excluding hydrogens is 1000 g/mol. The van der Waals surface area contributed by atoms with Gasteiger partial charge in [0.15, 0.2) is 12.4 Å². The summed E-state index contributed by atoms with van der Waals surface area (Å²) >= 11 is 0. The zero-order valence-corrected chi connectivity index (χ0v) is 52.0. The first-order chi connectivity index (χ1) is 39.2. The van der Waals surface area contributed by atoms with Gasteiger partial charge in [-0.15, -0.1) is 0 Å². The number of esters is 1. The van der Waals surface area contributed by atoms with Crippen LogP contribution in [0.5, 0.6) is 0 Å². The number of carbonyl (C=O) groups is 2. The second kappa shape index (κ2) is 57.1. The van der Waals surface area contributed by atoms with Crippen LogP contribution < -0.4 is 5.32 Å². The monoisotopic (exact) mass is 1130 g/mol. The number of rotatable bonds is 58. The Balaban J connectivity index is 2.59. The van der Waals surface area contributed by atoms with Crippen molar-refractivity contribution in [1.29, 1.82) is 0 Å². The van der Waals surface area contributed by atoms with Crippen molar-refractivity contribution in [3.05, 3.63) is 48.6 Å². The van der Waals surface area contributed by atoms with E-state index in [9.17, 15) is 35.1 Å². The van der Waals surface area contributed by atoms with E-state index in [1.54, 1.807) is 6.08 Å². The van der Waals surface area contributed by atoms with Crippen LogP contribution in [0.1, 0.15) is 316 Å². The van der Waals surface area contributed by atoms with Crippen LogP contribution in [0.15, 0.2) is 48.6 Å². The van der Waals surface area contributed by atoms with Gasteiger partial charge in [-0.1, -0.05) is 281 Å². The number of hydrogen-bond donors (Lipinski definition) is 6. The maximum Gasteiger partial charge on any atom is 0.306 e. The molecule has 11 nitrogen and oxygen atoms in total. The van der Waals surface area contributed by atoms with Gasteiger partial charge in [0, 0.05) is 6.42 Å². The Bertz CT molecular complexity index is 1490. The molecule has 1 amide bonds. The van der Waals surface area contributed by atoms with Crippen molar-refractivity contribution in [2.75, 3.05) is 13.2 Å². The Kier molecular flexibility index (Phi) is 54.0. The van der Waals surface area contributed by atoms with Gasteiger partial charge in [-0.2, -0.15) is 0 Å². The molecule has 1 aliphatic rings. The van der Waals surface area contributed by atoms with E-state index in [1.807, 2.05) is 6.08 Å². The maximum absolute atomic E-state index is 13.5. The predicted octanol–water partition coefficient (Wildman–Crippen LogP) is 16.8. The van der Waals surface area contributed by atoms with Crippen LogP contribution in [-0.2, 0) is 23.8 Å². The summed E-state index contributed by atoms with van der Waals surface area (Å²) in [6.07, 6.45) is 60.1. The number of amides is 1. The molecule has 6 N–H and O–H groups in total. The molecule has 0 spiro atoms. The fraction of sp³-hybridized carbons (Fsp3) is 0.855. The van der Waals surface area contributed by atoms with Crippen LogP contribution in [0, 0.1) is 0 Å². The summed E-state index contributed by atoms with van der Waals surface area (Å²) in [6.45, 7) is 5.78. The standard InChI is InChI=1S/C69H127NO10/c1-4-7-10-13-16-19-22-25-27-28-29-30-31-32-33-34-35-37-38-41-44-47-50-53-56-62(73)68(77)70-60(61(72)55-52-49-46-43-40-24-21-18-15-12-9-6-3)59-78-69-67(66(76)65(75)63(58-71)79-69)80-64(74)57-54-51-48-45-42-39-36-26-23-20-17-14-11-8-5-2/h17,20,23,25-27,52,55,60-63,65-67,69,71-73,75-76H,4-16,18-19,21-22,24,28-51,53-54,56-59H2,1-3H3,(H,70,77)/b20-17+,26-23+,27-25+,55-52+. The SMILES string of the molecule is CCCCC/C=C/C=C/CCCCCCCCC(=O)OC1C(OCC(NC(=O)C(O)CCCCCCCCCCCCCCCC/C=C/CCCCCCCC)C(O)/C=C/CCCCCCCCCCCC)OC(CO)C(O)C1O. The molecule has 80 heavy (non-hydrogen) atoms. The molecule has 1 rings (SSSR count). The molecule has 11 heteroatoms. The van der Waals surface area contributed by atoms with Crippen molar-refractivity contribution in [2.45, 2.75) is 365 Å². The Morgan fingerprint density at radius 3 is 1.31 bits per heavy atom. The van der Waals surface area contributed by atoms with Gasteiger partial charge in [0.1, 0.15) is 24.4 Å². The van der Waals surface area contributed by atoms with E-state index in [1.165, 1.54) is 186 Å². The third kappa shape index (κ3) is 44.2. The van der Waals surface area contributed by atoms with E-state index < -0.39 is 67.4 Å². The van der Waals surface area contributed by atoms with E-state index in [0.717, 1.165) is 83.5 Å². The van der Waals surface area contributed by atoms with Gasteiger partial charge in [-0.25, -0.2) is 0 Å². The average Bonchev–Trinajstić information content (AvgIpc) is 3.48. The van der Waals surface area contributed by atoms with Crippen molar-refractivity contribution >= 4 is 11.9 Å². The lowest BCUT2D eigenvalue weighted by Crippen LogP contribution is -2.61. The van der Waals surface area contributed by atoms with Crippen LogP contribution in [0.25, 0.3) is 0 Å². The summed E-state index contributed by atoms with van der Waals surface area (Å²) < 4.78 is 17.6. The summed E-state index contributed by atoms with van der Waals surface area (Å²) in [5, 5.41) is 57.1. The third-order valence-electron chi connectivity index (χ3n) is 16.0. The second-order valence-corrected chi connectivity index (χ2v) is 23.6. The minimum atomic E-state index is -1.62. The van der Waals surface area contributed by atoms with Crippen LogP contribution in [0.3, 0.4) is 0 Å². The molecule has 1 saturated heterocycles. The van der Waals surface area contributed by atoms with Crippen molar-refractivity contribution < 1.29 is 49.3 Å². The predicted molar refractivity (Wildman–Crippen MR) is 334 cm³/mol. The van der Waals surface area contributed by atoms with Crippen LogP contribution in [0.4, 0.5) is 0 Å². The Morgan fingerprint density at radius 2 is 0.863 bits per heavy atom. The normalized spacial score (nSPS) is 19.0. The number of nitrogens with one attached hydrogen (secondary N) is 1. The highest BCUT2D eigenvalue weighted by molar-refractivity contribution is 5.80. The number of carbonyl (C=O) groups excluding carboxylic acids is 2. The highest BCUT2D eigenvalue weighted by atomic mass is 16.7. The molecule has 0 aliphatic carbocycles. The van der Waals surface area contributed by atoms with Gasteiger partial charge >= 0.3 is 5.97 Å². The third-order valence-corrected chi connectivity index (χ3v) is 16.0. The Morgan fingerprint density at radius 1 is 0.487 bits per heavy atom. The van der Waals surface area contributed by atoms with Crippen molar-refractivity contribution in [3.8, 4) is 0 Å². The number of allylic oxidation sites excluding steroid dienone is 7. The van der Waals surface area contributed by atoms with Gasteiger partial charge in [0.2, 0.25) is 5.91 Å². The van der Waals surface area contributed by atoms with E-state index in [-0.39, 0.29) is 13.0 Å². The highest BCUT2D eigenvalue weighted by Gasteiger charge is 2.47. The Labute approximate surface area is 491 Å². The zero-order valence-electron chi connectivity index (χ0n) is 52.0. The topological polar surface area (TPSA) is 175 Å². The molecule has 0 aromatic carbocycles. The van der Waals surface area contributed by atoms with Crippen molar-refractivity contribution in [3.63, 3.8) is 0 Å². The molecule has 1 heterocycles. The number of aliphatic hydroxyl groups is 5. The summed E-state index contributed by atoms with van der Waals surface area (Å²) in [7, 11) is 0. The summed E-state index contributed by atoms with van der Waals surface area (Å²) in [5.74, 6) is -1.20. The van der Waals surface area contributed by atoms with Gasteiger partial charge in [-0.3, -0.25) is 9.59 Å². The summed E-state index contributed by atoms with van der Waals surface area (Å²) in [6, 6.07) is -1.03. The zero-order chi connectivity index (χ0) is 58.2. The van der Waals surface area contributed by atoms with Gasteiger partial charge < -0.3 is 45.1 Å². The number of aliphatic hydroxyl groups excluding tert-OH is 5. The lowest BCUT2D eigenvalue weighted by Gasteiger charge is -2.41. The largest absolute Gasteiger partial charge is 0.454 e. The van der Waals surface area contributed by atoms with Crippen LogP contribution >= 0.6 is 0 Å². The van der Waals surface area contributed by atoms with E-state index in [0.29, 0.717) is 19.3 Å². The highest BCUT2D eigenvalue weighted by Crippen LogP contribution is 2.26. The Hall–Kier alpha value is -2.38. The van der Waals surface area contributed by atoms with Crippen LogP contribution in [0.2, 0.25) is 0 Å². The molecule has 1 fully saturated rings. The van der Waals surface area contributed by atoms with Crippen molar-refractivity contribution in [2.24, 2.45) is 0 Å². The van der Waals surface area contributed by atoms with Crippen LogP contribution in [-0.4, -0.2) is 99.6 Å². The molecule has 0 radical (unpaired) electrons. The number of hydrogen-bond acceptors (Lipinski definition) is 10. The summed E-state index contributed by atoms with van der Waals surface area (Å²) in [4.78, 5) is 26.6. The molecular formula is C69H127NO10. The molecule has 0 aromatic rings. The average molecular weight is 1130 g/mol. The molecule has 0 aromatic heterocycles. The first-order valence-electron chi connectivity index (χ1n) is 33.9. The van der Waals surface area contributed by atoms with Gasteiger partial charge in [0.05, 0.1) is 25.4 Å². The fourth-order valence-corrected chi connectivity index (χ4v) is 10.6. The minimum absolute atomic E-state index is 0.111. The molecule has 8 atom stereocenters. The first-order valence-corrected chi connectivity index (χ1v) is 33.9. The lowest BCUT2D eigenvalue weighted by molar-refractivity contribution is -0.305. The fourth-order valence-electron chi connectivity index (χ4n) is 10.6. The molecule has 468 valence electrons. The smallest absolute Gasteiger partial charge is 0.306 e. The maximum atomic E-state index is 13.5. The number of ether oxygens (including phenoxy) is 3.